The lowest BCUT2D eigenvalue weighted by molar-refractivity contribution is 0.241. The second-order valence-electron chi connectivity index (χ2n) is 7.82. The first kappa shape index (κ1) is 18.0. The summed E-state index contributed by atoms with van der Waals surface area (Å²) in [6, 6.07) is 8.12. The van der Waals surface area contributed by atoms with Gasteiger partial charge in [0, 0.05) is 39.1 Å². The molecule has 0 spiro atoms. The molecule has 0 radical (unpaired) electrons. The fourth-order valence-electron chi connectivity index (χ4n) is 4.12. The van der Waals surface area contributed by atoms with Gasteiger partial charge in [-0.1, -0.05) is 19.1 Å². The summed E-state index contributed by atoms with van der Waals surface area (Å²) in [5, 5.41) is 0. The Morgan fingerprint density at radius 3 is 2.81 bits per heavy atom. The molecule has 2 aliphatic heterocycles. The van der Waals surface area contributed by atoms with Crippen molar-refractivity contribution in [2.75, 3.05) is 31.6 Å². The van der Waals surface area contributed by atoms with Crippen LogP contribution in [-0.4, -0.2) is 41.6 Å². The van der Waals surface area contributed by atoms with Crippen molar-refractivity contribution >= 4 is 5.95 Å². The van der Waals surface area contributed by atoms with Gasteiger partial charge in [-0.2, -0.15) is 0 Å². The number of hydrogen-bond acceptors (Lipinski definition) is 5. The van der Waals surface area contributed by atoms with Gasteiger partial charge < -0.3 is 9.64 Å². The molecular formula is C21H28N4O2. The summed E-state index contributed by atoms with van der Waals surface area (Å²) in [6.45, 7) is 6.63. The van der Waals surface area contributed by atoms with E-state index >= 15 is 0 Å². The van der Waals surface area contributed by atoms with Gasteiger partial charge in [-0.25, -0.2) is 4.98 Å². The molecule has 144 valence electrons. The van der Waals surface area contributed by atoms with Crippen molar-refractivity contribution < 1.29 is 4.74 Å². The standard InChI is InChI=1S/C21H28N4O2/c1-15-4-3-10-25(12-15)21-22-19-9-11-24(14-18(19)20(26)23-21)13-16-5-7-17(27-2)8-6-16/h5-8,15H,3-4,9-14H2,1-2H3,(H,22,23,26)/t15-/m1/s1. The van der Waals surface area contributed by atoms with E-state index in [0.717, 1.165) is 62.0 Å². The topological polar surface area (TPSA) is 61.5 Å². The summed E-state index contributed by atoms with van der Waals surface area (Å²) < 4.78 is 5.22. The van der Waals surface area contributed by atoms with Crippen molar-refractivity contribution in [1.29, 1.82) is 0 Å². The average molecular weight is 368 g/mol. The van der Waals surface area contributed by atoms with Gasteiger partial charge in [-0.15, -0.1) is 0 Å². The molecule has 27 heavy (non-hydrogen) atoms. The van der Waals surface area contributed by atoms with Crippen LogP contribution in [0.3, 0.4) is 0 Å². The normalized spacial score (nSPS) is 20.4. The number of aromatic nitrogens is 2. The molecule has 3 heterocycles. The molecule has 6 nitrogen and oxygen atoms in total. The van der Waals surface area contributed by atoms with Crippen LogP contribution >= 0.6 is 0 Å². The Bertz CT molecular complexity index is 846. The Labute approximate surface area is 160 Å². The molecule has 0 amide bonds. The summed E-state index contributed by atoms with van der Waals surface area (Å²) in [6.07, 6.45) is 3.25. The Morgan fingerprint density at radius 2 is 2.07 bits per heavy atom. The number of nitrogens with one attached hydrogen (secondary N) is 1. The van der Waals surface area contributed by atoms with Gasteiger partial charge in [-0.3, -0.25) is 14.7 Å². The lowest BCUT2D eigenvalue weighted by Crippen LogP contribution is -2.39. The van der Waals surface area contributed by atoms with E-state index < -0.39 is 0 Å². The van der Waals surface area contributed by atoms with Crippen molar-refractivity contribution in [2.24, 2.45) is 5.92 Å². The van der Waals surface area contributed by atoms with E-state index in [0.29, 0.717) is 12.5 Å². The number of fused-ring (bicyclic) bond motifs is 1. The van der Waals surface area contributed by atoms with Crippen LogP contribution in [0.1, 0.15) is 36.6 Å². The van der Waals surface area contributed by atoms with Crippen LogP contribution in [-0.2, 0) is 19.5 Å². The summed E-state index contributed by atoms with van der Waals surface area (Å²) in [4.78, 5) is 25.1. The number of H-pyrrole nitrogens is 1. The van der Waals surface area contributed by atoms with Gasteiger partial charge in [0.15, 0.2) is 0 Å². The Kier molecular flexibility index (Phi) is 5.16. The molecule has 1 aromatic heterocycles. The molecule has 2 aromatic rings. The van der Waals surface area contributed by atoms with Crippen LogP contribution in [0.25, 0.3) is 0 Å². The number of benzene rings is 1. The lowest BCUT2D eigenvalue weighted by Gasteiger charge is -2.33. The van der Waals surface area contributed by atoms with E-state index in [2.05, 4.69) is 33.8 Å². The van der Waals surface area contributed by atoms with E-state index in [1.807, 2.05) is 12.1 Å². The number of anilines is 1. The first-order valence-corrected chi connectivity index (χ1v) is 9.84. The molecule has 0 aliphatic carbocycles. The fraction of sp³-hybridized carbons (Fsp3) is 0.524. The molecule has 1 N–H and O–H groups in total. The number of piperidine rings is 1. The van der Waals surface area contributed by atoms with Crippen LogP contribution in [0.4, 0.5) is 5.95 Å². The van der Waals surface area contributed by atoms with Crippen molar-refractivity contribution in [1.82, 2.24) is 14.9 Å². The predicted molar refractivity (Wildman–Crippen MR) is 106 cm³/mol. The van der Waals surface area contributed by atoms with Crippen LogP contribution in [0, 0.1) is 5.92 Å². The zero-order valence-electron chi connectivity index (χ0n) is 16.2. The molecule has 0 unspecified atom stereocenters. The Morgan fingerprint density at radius 1 is 1.26 bits per heavy atom. The van der Waals surface area contributed by atoms with Crippen LogP contribution < -0.4 is 15.2 Å². The second-order valence-corrected chi connectivity index (χ2v) is 7.82. The molecule has 1 saturated heterocycles. The molecule has 0 saturated carbocycles. The van der Waals surface area contributed by atoms with E-state index in [9.17, 15) is 4.79 Å². The Balaban J connectivity index is 1.48. The highest BCUT2D eigenvalue weighted by atomic mass is 16.5. The molecule has 1 fully saturated rings. The molecule has 6 heteroatoms. The van der Waals surface area contributed by atoms with E-state index in [1.165, 1.54) is 12.0 Å². The van der Waals surface area contributed by atoms with Gasteiger partial charge in [0.1, 0.15) is 5.75 Å². The van der Waals surface area contributed by atoms with Crippen molar-refractivity contribution in [3.05, 3.63) is 51.4 Å². The summed E-state index contributed by atoms with van der Waals surface area (Å²) in [5.41, 5.74) is 3.04. The lowest BCUT2D eigenvalue weighted by atomic mass is 10.0. The first-order valence-electron chi connectivity index (χ1n) is 9.84. The van der Waals surface area contributed by atoms with Crippen LogP contribution in [0.5, 0.6) is 5.75 Å². The molecular weight excluding hydrogens is 340 g/mol. The maximum absolute atomic E-state index is 12.7. The number of rotatable bonds is 4. The monoisotopic (exact) mass is 368 g/mol. The number of ether oxygens (including phenoxy) is 1. The minimum atomic E-state index is 0.0210. The quantitative estimate of drug-likeness (QED) is 0.899. The minimum Gasteiger partial charge on any atom is -0.497 e. The zero-order chi connectivity index (χ0) is 18.8. The SMILES string of the molecule is COc1ccc(CN2CCc3nc(N4CCC[C@@H](C)C4)[nH]c(=O)c3C2)cc1. The molecule has 0 bridgehead atoms. The number of aromatic amines is 1. The molecule has 2 aliphatic rings. The maximum Gasteiger partial charge on any atom is 0.257 e. The highest BCUT2D eigenvalue weighted by Crippen LogP contribution is 2.22. The van der Waals surface area contributed by atoms with Gasteiger partial charge in [-0.05, 0) is 36.5 Å². The third-order valence-electron chi connectivity index (χ3n) is 5.66. The first-order chi connectivity index (χ1) is 13.1. The Hall–Kier alpha value is -2.34. The van der Waals surface area contributed by atoms with E-state index in [-0.39, 0.29) is 5.56 Å². The highest BCUT2D eigenvalue weighted by molar-refractivity contribution is 5.35. The predicted octanol–water partition coefficient (Wildman–Crippen LogP) is 2.57. The van der Waals surface area contributed by atoms with Gasteiger partial charge >= 0.3 is 0 Å². The molecule has 4 rings (SSSR count). The minimum absolute atomic E-state index is 0.0210. The third-order valence-corrected chi connectivity index (χ3v) is 5.66. The van der Waals surface area contributed by atoms with Crippen molar-refractivity contribution in [3.63, 3.8) is 0 Å². The van der Waals surface area contributed by atoms with Crippen LogP contribution in [0.2, 0.25) is 0 Å². The second kappa shape index (κ2) is 7.72. The highest BCUT2D eigenvalue weighted by Gasteiger charge is 2.24. The van der Waals surface area contributed by atoms with E-state index in [1.54, 1.807) is 7.11 Å². The summed E-state index contributed by atoms with van der Waals surface area (Å²) in [5.74, 6) is 2.27. The van der Waals surface area contributed by atoms with Crippen LogP contribution in [0.15, 0.2) is 29.1 Å². The smallest absolute Gasteiger partial charge is 0.257 e. The number of hydrogen-bond donors (Lipinski definition) is 1. The zero-order valence-corrected chi connectivity index (χ0v) is 16.2. The number of nitrogens with zero attached hydrogens (tertiary/aromatic N) is 3. The largest absolute Gasteiger partial charge is 0.497 e. The third kappa shape index (κ3) is 4.00. The van der Waals surface area contributed by atoms with Crippen molar-refractivity contribution in [3.8, 4) is 5.75 Å². The fourth-order valence-corrected chi connectivity index (χ4v) is 4.12. The summed E-state index contributed by atoms with van der Waals surface area (Å²) >= 11 is 0. The summed E-state index contributed by atoms with van der Waals surface area (Å²) in [7, 11) is 1.68. The van der Waals surface area contributed by atoms with Gasteiger partial charge in [0.2, 0.25) is 5.95 Å². The maximum atomic E-state index is 12.7. The average Bonchev–Trinajstić information content (AvgIpc) is 2.69. The van der Waals surface area contributed by atoms with Crippen molar-refractivity contribution in [2.45, 2.75) is 39.3 Å². The molecule has 1 atom stereocenters. The number of methoxy groups -OCH3 is 1. The van der Waals surface area contributed by atoms with Gasteiger partial charge in [0.25, 0.3) is 5.56 Å². The molecule has 1 aromatic carbocycles. The van der Waals surface area contributed by atoms with Gasteiger partial charge in [0.05, 0.1) is 18.4 Å². The van der Waals surface area contributed by atoms with E-state index in [4.69, 9.17) is 9.72 Å².